The molecule has 1 atom stereocenters. The van der Waals surface area contributed by atoms with Crippen LogP contribution in [0.15, 0.2) is 48.9 Å². The van der Waals surface area contributed by atoms with Gasteiger partial charge in [0.15, 0.2) is 5.75 Å². The summed E-state index contributed by atoms with van der Waals surface area (Å²) in [6.45, 7) is 1.76. The van der Waals surface area contributed by atoms with Crippen LogP contribution in [-0.2, 0) is 6.42 Å². The lowest BCUT2D eigenvalue weighted by molar-refractivity contribution is -0.0637. The van der Waals surface area contributed by atoms with E-state index in [2.05, 4.69) is 9.97 Å². The molecular formula is C17H17N3O4. The van der Waals surface area contributed by atoms with E-state index >= 15 is 0 Å². The summed E-state index contributed by atoms with van der Waals surface area (Å²) in [6, 6.07) is 8.69. The number of amides is 1. The molecule has 7 heteroatoms. The van der Waals surface area contributed by atoms with Crippen molar-refractivity contribution in [3.05, 3.63) is 54.5 Å². The maximum atomic E-state index is 11.5. The van der Waals surface area contributed by atoms with E-state index < -0.39 is 12.1 Å². The lowest BCUT2D eigenvalue weighted by Gasteiger charge is -2.25. The zero-order valence-corrected chi connectivity index (χ0v) is 13.0. The Bertz CT molecular complexity index is 862. The van der Waals surface area contributed by atoms with Crippen molar-refractivity contribution >= 4 is 17.0 Å². The summed E-state index contributed by atoms with van der Waals surface area (Å²) in [7, 11) is 0. The van der Waals surface area contributed by atoms with E-state index in [4.69, 9.17) is 4.84 Å². The Labute approximate surface area is 138 Å². The number of nitrogens with one attached hydrogen (secondary N) is 1. The van der Waals surface area contributed by atoms with Crippen LogP contribution in [-0.4, -0.2) is 37.4 Å². The van der Waals surface area contributed by atoms with Crippen LogP contribution in [0.4, 0.5) is 4.79 Å². The molecule has 0 saturated carbocycles. The quantitative estimate of drug-likeness (QED) is 0.625. The summed E-state index contributed by atoms with van der Waals surface area (Å²) in [5, 5.41) is 20.8. The smallest absolute Gasteiger partial charge is 0.441 e. The van der Waals surface area contributed by atoms with E-state index in [0.29, 0.717) is 6.42 Å². The Morgan fingerprint density at radius 1 is 1.38 bits per heavy atom. The molecule has 0 aliphatic rings. The molecule has 0 aliphatic carbocycles. The van der Waals surface area contributed by atoms with E-state index in [1.54, 1.807) is 6.92 Å². The molecule has 7 nitrogen and oxygen atoms in total. The van der Waals surface area contributed by atoms with Crippen LogP contribution in [0, 0.1) is 0 Å². The van der Waals surface area contributed by atoms with Crippen molar-refractivity contribution in [3.8, 4) is 11.5 Å². The molecule has 1 unspecified atom stereocenters. The van der Waals surface area contributed by atoms with E-state index in [-0.39, 0.29) is 11.5 Å². The number of carboxylic acid groups (broad SMARTS) is 1. The third-order valence-corrected chi connectivity index (χ3v) is 3.68. The van der Waals surface area contributed by atoms with Gasteiger partial charge in [-0.2, -0.15) is 0 Å². The highest BCUT2D eigenvalue weighted by Crippen LogP contribution is 2.22. The van der Waals surface area contributed by atoms with E-state index in [9.17, 15) is 15.0 Å². The first kappa shape index (κ1) is 15.7. The van der Waals surface area contributed by atoms with Crippen molar-refractivity contribution in [1.29, 1.82) is 0 Å². The van der Waals surface area contributed by atoms with Gasteiger partial charge in [0.05, 0.1) is 18.4 Å². The topological polar surface area (TPSA) is 98.7 Å². The first-order chi connectivity index (χ1) is 11.5. The van der Waals surface area contributed by atoms with E-state index in [1.807, 2.05) is 30.5 Å². The van der Waals surface area contributed by atoms with Gasteiger partial charge in [0.1, 0.15) is 5.75 Å². The summed E-state index contributed by atoms with van der Waals surface area (Å²) in [5.74, 6) is 0.0605. The number of para-hydroxylation sites is 1. The second-order valence-electron chi connectivity index (χ2n) is 5.49. The number of aromatic hydroxyl groups is 1. The number of pyridine rings is 1. The predicted molar refractivity (Wildman–Crippen MR) is 87.9 cm³/mol. The van der Waals surface area contributed by atoms with Gasteiger partial charge >= 0.3 is 6.09 Å². The molecule has 1 aromatic carbocycles. The molecule has 0 saturated heterocycles. The van der Waals surface area contributed by atoms with Crippen LogP contribution in [0.3, 0.4) is 0 Å². The Hall–Kier alpha value is -3.22. The Morgan fingerprint density at radius 2 is 2.17 bits per heavy atom. The van der Waals surface area contributed by atoms with Gasteiger partial charge < -0.3 is 20.0 Å². The third kappa shape index (κ3) is 3.24. The molecule has 0 fully saturated rings. The van der Waals surface area contributed by atoms with Crippen molar-refractivity contribution in [1.82, 2.24) is 15.0 Å². The largest absolute Gasteiger partial charge is 0.506 e. The lowest BCUT2D eigenvalue weighted by Crippen LogP contribution is -2.41. The minimum atomic E-state index is -1.22. The van der Waals surface area contributed by atoms with E-state index in [0.717, 1.165) is 21.5 Å². The summed E-state index contributed by atoms with van der Waals surface area (Å²) in [4.78, 5) is 23.9. The SMILES string of the molecule is CC(Cc1c[nH]c2ccccc12)N(Oc1cncc(O)c1)C(=O)O. The average Bonchev–Trinajstić information content (AvgIpc) is 2.95. The fraction of sp³-hybridized carbons (Fsp3) is 0.176. The maximum absolute atomic E-state index is 11.5. The van der Waals surface area contributed by atoms with Crippen LogP contribution >= 0.6 is 0 Å². The number of aromatic nitrogens is 2. The highest BCUT2D eigenvalue weighted by molar-refractivity contribution is 5.83. The van der Waals surface area contributed by atoms with Gasteiger partial charge in [0.25, 0.3) is 0 Å². The molecule has 2 heterocycles. The molecule has 3 rings (SSSR count). The van der Waals surface area contributed by atoms with Crippen molar-refractivity contribution in [2.75, 3.05) is 0 Å². The predicted octanol–water partition coefficient (Wildman–Crippen LogP) is 3.17. The van der Waals surface area contributed by atoms with Crippen LogP contribution in [0.5, 0.6) is 11.5 Å². The Morgan fingerprint density at radius 3 is 2.92 bits per heavy atom. The zero-order valence-electron chi connectivity index (χ0n) is 13.0. The van der Waals surface area contributed by atoms with Gasteiger partial charge in [-0.15, -0.1) is 5.06 Å². The summed E-state index contributed by atoms with van der Waals surface area (Å²) in [6.07, 6.45) is 3.71. The standard InChI is InChI=1S/C17H17N3O4/c1-11(6-12-8-19-16-5-3-2-4-15(12)16)20(17(22)23)24-14-7-13(21)9-18-10-14/h2-5,7-11,19,21H,6H2,1H3,(H,22,23). The molecule has 1 amide bonds. The fourth-order valence-corrected chi connectivity index (χ4v) is 2.59. The van der Waals surface area contributed by atoms with Crippen molar-refractivity contribution < 1.29 is 19.8 Å². The number of rotatable bonds is 5. The summed E-state index contributed by atoms with van der Waals surface area (Å²) < 4.78 is 0. The number of hydrogen-bond donors (Lipinski definition) is 3. The van der Waals surface area contributed by atoms with Gasteiger partial charge in [-0.1, -0.05) is 18.2 Å². The molecule has 0 bridgehead atoms. The summed E-state index contributed by atoms with van der Waals surface area (Å²) in [5.41, 5.74) is 2.00. The zero-order chi connectivity index (χ0) is 17.1. The average molecular weight is 327 g/mol. The van der Waals surface area contributed by atoms with Gasteiger partial charge in [0, 0.05) is 23.2 Å². The highest BCUT2D eigenvalue weighted by Gasteiger charge is 2.23. The number of fused-ring (bicyclic) bond motifs is 1. The monoisotopic (exact) mass is 327 g/mol. The molecule has 0 spiro atoms. The number of nitrogens with zero attached hydrogens (tertiary/aromatic N) is 2. The normalized spacial score (nSPS) is 12.0. The molecular weight excluding hydrogens is 310 g/mol. The Balaban J connectivity index is 1.79. The van der Waals surface area contributed by atoms with E-state index in [1.165, 1.54) is 18.5 Å². The highest BCUT2D eigenvalue weighted by atomic mass is 16.7. The number of hydrogen-bond acceptors (Lipinski definition) is 4. The van der Waals surface area contributed by atoms with Crippen LogP contribution in [0.25, 0.3) is 10.9 Å². The first-order valence-corrected chi connectivity index (χ1v) is 7.43. The van der Waals surface area contributed by atoms with Crippen LogP contribution < -0.4 is 4.84 Å². The van der Waals surface area contributed by atoms with Gasteiger partial charge in [-0.3, -0.25) is 4.98 Å². The fourth-order valence-electron chi connectivity index (χ4n) is 2.59. The van der Waals surface area contributed by atoms with Crippen LogP contribution in [0.1, 0.15) is 12.5 Å². The molecule has 24 heavy (non-hydrogen) atoms. The third-order valence-electron chi connectivity index (χ3n) is 3.68. The summed E-state index contributed by atoms with van der Waals surface area (Å²) >= 11 is 0. The number of aromatic amines is 1. The minimum absolute atomic E-state index is 0.0953. The minimum Gasteiger partial charge on any atom is -0.506 e. The van der Waals surface area contributed by atoms with Crippen LogP contribution in [0.2, 0.25) is 0 Å². The van der Waals surface area contributed by atoms with Gasteiger partial charge in [0.2, 0.25) is 0 Å². The molecule has 2 aromatic heterocycles. The molecule has 0 aliphatic heterocycles. The molecule has 0 radical (unpaired) electrons. The first-order valence-electron chi connectivity index (χ1n) is 7.43. The second-order valence-corrected chi connectivity index (χ2v) is 5.49. The number of hydroxylamine groups is 2. The maximum Gasteiger partial charge on any atom is 0.441 e. The Kier molecular flexibility index (Phi) is 4.24. The van der Waals surface area contributed by atoms with Crippen molar-refractivity contribution in [2.24, 2.45) is 0 Å². The van der Waals surface area contributed by atoms with Gasteiger partial charge in [-0.05, 0) is 25.0 Å². The molecule has 3 N–H and O–H groups in total. The lowest BCUT2D eigenvalue weighted by atomic mass is 10.1. The number of benzene rings is 1. The van der Waals surface area contributed by atoms with Crippen molar-refractivity contribution in [3.63, 3.8) is 0 Å². The number of carbonyl (C=O) groups is 1. The van der Waals surface area contributed by atoms with Gasteiger partial charge in [-0.25, -0.2) is 4.79 Å². The molecule has 3 aromatic rings. The number of H-pyrrole nitrogens is 1. The molecule has 124 valence electrons. The van der Waals surface area contributed by atoms with Crippen molar-refractivity contribution in [2.45, 2.75) is 19.4 Å². The second kappa shape index (κ2) is 6.49.